The molecule has 0 bridgehead atoms. The molecule has 0 spiro atoms. The molecule has 2 rings (SSSR count). The van der Waals surface area contributed by atoms with Crippen molar-refractivity contribution in [1.82, 2.24) is 0 Å². The Balaban J connectivity index is 2.11. The molecule has 0 amide bonds. The van der Waals surface area contributed by atoms with Gasteiger partial charge in [-0.3, -0.25) is 4.79 Å². The fourth-order valence-corrected chi connectivity index (χ4v) is 2.06. The molecule has 2 aromatic rings. The van der Waals surface area contributed by atoms with Gasteiger partial charge in [0.1, 0.15) is 5.82 Å². The molecule has 0 saturated heterocycles. The number of ether oxygens (including phenoxy) is 3. The molecule has 5 nitrogen and oxygen atoms in total. The minimum absolute atomic E-state index is 0.195. The highest BCUT2D eigenvalue weighted by molar-refractivity contribution is 5.87. The maximum atomic E-state index is 13.6. The van der Waals surface area contributed by atoms with Gasteiger partial charge in [0.25, 0.3) is 0 Å². The Bertz CT molecular complexity index is 798. The van der Waals surface area contributed by atoms with Crippen LogP contribution in [0.3, 0.4) is 0 Å². The SMILES string of the molecule is COC(=O)/C=C/c1ccc(OC(=O)Cc2ccccc2F)c(OC)c1. The van der Waals surface area contributed by atoms with Gasteiger partial charge in [-0.25, -0.2) is 9.18 Å². The molecule has 2 aromatic carbocycles. The van der Waals surface area contributed by atoms with E-state index < -0.39 is 17.8 Å². The average molecular weight is 344 g/mol. The van der Waals surface area contributed by atoms with Crippen molar-refractivity contribution in [3.8, 4) is 11.5 Å². The molecular weight excluding hydrogens is 327 g/mol. The maximum absolute atomic E-state index is 13.6. The molecule has 0 N–H and O–H groups in total. The van der Waals surface area contributed by atoms with Gasteiger partial charge >= 0.3 is 11.9 Å². The molecule has 0 heterocycles. The number of rotatable bonds is 6. The van der Waals surface area contributed by atoms with E-state index in [2.05, 4.69) is 4.74 Å². The topological polar surface area (TPSA) is 61.8 Å². The van der Waals surface area contributed by atoms with Crippen molar-refractivity contribution < 1.29 is 28.2 Å². The average Bonchev–Trinajstić information content (AvgIpc) is 2.62. The first-order valence-corrected chi connectivity index (χ1v) is 7.41. The van der Waals surface area contributed by atoms with Gasteiger partial charge in [-0.1, -0.05) is 24.3 Å². The summed E-state index contributed by atoms with van der Waals surface area (Å²) in [6, 6.07) is 10.8. The number of carbonyl (C=O) groups excluding carboxylic acids is 2. The van der Waals surface area contributed by atoms with Gasteiger partial charge in [-0.15, -0.1) is 0 Å². The number of benzene rings is 2. The van der Waals surface area contributed by atoms with E-state index in [1.165, 1.54) is 38.5 Å². The summed E-state index contributed by atoms with van der Waals surface area (Å²) in [4.78, 5) is 23.1. The Morgan fingerprint density at radius 2 is 1.84 bits per heavy atom. The van der Waals surface area contributed by atoms with Gasteiger partial charge in [-0.05, 0) is 35.4 Å². The van der Waals surface area contributed by atoms with Crippen molar-refractivity contribution in [2.45, 2.75) is 6.42 Å². The van der Waals surface area contributed by atoms with Gasteiger partial charge in [0, 0.05) is 6.08 Å². The van der Waals surface area contributed by atoms with Crippen LogP contribution < -0.4 is 9.47 Å². The predicted molar refractivity (Wildman–Crippen MR) is 89.8 cm³/mol. The maximum Gasteiger partial charge on any atom is 0.330 e. The molecular formula is C19H17FO5. The first-order chi connectivity index (χ1) is 12.0. The summed E-state index contributed by atoms with van der Waals surface area (Å²) < 4.78 is 28.5. The van der Waals surface area contributed by atoms with Crippen LogP contribution in [0, 0.1) is 5.82 Å². The molecule has 0 atom stereocenters. The number of hydrogen-bond acceptors (Lipinski definition) is 5. The predicted octanol–water partition coefficient (Wildman–Crippen LogP) is 3.17. The van der Waals surface area contributed by atoms with Crippen LogP contribution in [0.5, 0.6) is 11.5 Å². The van der Waals surface area contributed by atoms with E-state index in [4.69, 9.17) is 9.47 Å². The van der Waals surface area contributed by atoms with Gasteiger partial charge in [-0.2, -0.15) is 0 Å². The van der Waals surface area contributed by atoms with Crippen LogP contribution in [0.2, 0.25) is 0 Å². The van der Waals surface area contributed by atoms with Crippen molar-refractivity contribution in [3.05, 3.63) is 65.5 Å². The van der Waals surface area contributed by atoms with Crippen molar-refractivity contribution in [2.75, 3.05) is 14.2 Å². The summed E-state index contributed by atoms with van der Waals surface area (Å²) in [5.41, 5.74) is 0.917. The molecule has 0 unspecified atom stereocenters. The number of esters is 2. The highest BCUT2D eigenvalue weighted by Crippen LogP contribution is 2.29. The van der Waals surface area contributed by atoms with Crippen molar-refractivity contribution in [3.63, 3.8) is 0 Å². The minimum atomic E-state index is -0.610. The molecule has 0 aliphatic carbocycles. The van der Waals surface area contributed by atoms with E-state index in [0.717, 1.165) is 0 Å². The Hall–Kier alpha value is -3.15. The lowest BCUT2D eigenvalue weighted by atomic mass is 10.1. The van der Waals surface area contributed by atoms with E-state index in [1.54, 1.807) is 30.3 Å². The van der Waals surface area contributed by atoms with E-state index in [-0.39, 0.29) is 17.7 Å². The van der Waals surface area contributed by atoms with Crippen LogP contribution >= 0.6 is 0 Å². The largest absolute Gasteiger partial charge is 0.493 e. The Labute approximate surface area is 144 Å². The van der Waals surface area contributed by atoms with Crippen LogP contribution in [-0.2, 0) is 20.7 Å². The summed E-state index contributed by atoms with van der Waals surface area (Å²) in [7, 11) is 2.71. The molecule has 0 saturated carbocycles. The molecule has 6 heteroatoms. The first kappa shape index (κ1) is 18.2. The van der Waals surface area contributed by atoms with E-state index in [9.17, 15) is 14.0 Å². The summed E-state index contributed by atoms with van der Waals surface area (Å²) in [5, 5.41) is 0. The fourth-order valence-electron chi connectivity index (χ4n) is 2.06. The van der Waals surface area contributed by atoms with Crippen molar-refractivity contribution in [1.29, 1.82) is 0 Å². The zero-order valence-corrected chi connectivity index (χ0v) is 13.8. The Morgan fingerprint density at radius 3 is 2.52 bits per heavy atom. The van der Waals surface area contributed by atoms with E-state index >= 15 is 0 Å². The fraction of sp³-hybridized carbons (Fsp3) is 0.158. The number of hydrogen-bond donors (Lipinski definition) is 0. The van der Waals surface area contributed by atoms with Gasteiger partial charge in [0.05, 0.1) is 20.6 Å². The second-order valence-electron chi connectivity index (χ2n) is 5.01. The monoisotopic (exact) mass is 344 g/mol. The number of carbonyl (C=O) groups is 2. The first-order valence-electron chi connectivity index (χ1n) is 7.41. The van der Waals surface area contributed by atoms with Crippen molar-refractivity contribution >= 4 is 18.0 Å². The molecule has 0 aliphatic heterocycles. The summed E-state index contributed by atoms with van der Waals surface area (Å²) in [6.07, 6.45) is 2.61. The van der Waals surface area contributed by atoms with Crippen LogP contribution in [0.4, 0.5) is 4.39 Å². The lowest BCUT2D eigenvalue weighted by molar-refractivity contribution is -0.135. The molecule has 0 aromatic heterocycles. The number of methoxy groups -OCH3 is 2. The third kappa shape index (κ3) is 5.17. The van der Waals surface area contributed by atoms with Gasteiger partial charge in [0.15, 0.2) is 11.5 Å². The summed E-state index contributed by atoms with van der Waals surface area (Å²) >= 11 is 0. The molecule has 130 valence electrons. The quantitative estimate of drug-likeness (QED) is 0.458. The second kappa shape index (κ2) is 8.63. The zero-order chi connectivity index (χ0) is 18.2. The standard InChI is InChI=1S/C19H17FO5/c1-23-17-11-13(8-10-18(21)24-2)7-9-16(17)25-19(22)12-14-5-3-4-6-15(14)20/h3-11H,12H2,1-2H3/b10-8+. The minimum Gasteiger partial charge on any atom is -0.493 e. The van der Waals surface area contributed by atoms with Gasteiger partial charge < -0.3 is 14.2 Å². The molecule has 0 aliphatic rings. The normalized spacial score (nSPS) is 10.5. The molecule has 0 fully saturated rings. The van der Waals surface area contributed by atoms with Crippen molar-refractivity contribution in [2.24, 2.45) is 0 Å². The van der Waals surface area contributed by atoms with Crippen LogP contribution in [0.1, 0.15) is 11.1 Å². The Morgan fingerprint density at radius 1 is 1.08 bits per heavy atom. The van der Waals surface area contributed by atoms with Crippen LogP contribution in [0.15, 0.2) is 48.5 Å². The van der Waals surface area contributed by atoms with Crippen LogP contribution in [-0.4, -0.2) is 26.2 Å². The zero-order valence-electron chi connectivity index (χ0n) is 13.8. The van der Waals surface area contributed by atoms with E-state index in [1.807, 2.05) is 0 Å². The molecule has 0 radical (unpaired) electrons. The molecule has 25 heavy (non-hydrogen) atoms. The summed E-state index contributed by atoms with van der Waals surface area (Å²) in [5.74, 6) is -1.04. The highest BCUT2D eigenvalue weighted by atomic mass is 19.1. The lowest BCUT2D eigenvalue weighted by Crippen LogP contribution is -2.12. The van der Waals surface area contributed by atoms with Crippen LogP contribution in [0.25, 0.3) is 6.08 Å². The van der Waals surface area contributed by atoms with E-state index in [0.29, 0.717) is 11.3 Å². The smallest absolute Gasteiger partial charge is 0.330 e. The number of halogens is 1. The Kier molecular flexibility index (Phi) is 6.28. The lowest BCUT2D eigenvalue weighted by Gasteiger charge is -2.10. The second-order valence-corrected chi connectivity index (χ2v) is 5.01. The highest BCUT2D eigenvalue weighted by Gasteiger charge is 2.13. The van der Waals surface area contributed by atoms with Gasteiger partial charge in [0.2, 0.25) is 0 Å². The summed E-state index contributed by atoms with van der Waals surface area (Å²) in [6.45, 7) is 0. The third-order valence-corrected chi connectivity index (χ3v) is 3.32. The third-order valence-electron chi connectivity index (χ3n) is 3.32.